The minimum atomic E-state index is -0.948. The summed E-state index contributed by atoms with van der Waals surface area (Å²) in [7, 11) is 0. The average molecular weight is 248 g/mol. The van der Waals surface area contributed by atoms with Crippen molar-refractivity contribution in [1.29, 1.82) is 0 Å². The van der Waals surface area contributed by atoms with E-state index in [9.17, 15) is 13.6 Å². The standard InChI is InChI=1S/C13H10F2N2O/c14-9-5-4-7(6-10(9)15)12-16-11-3-1-2-8(11)13(18)17-12/h4-6H,1-3H2,(H,16,17,18). The Morgan fingerprint density at radius 3 is 2.78 bits per heavy atom. The number of nitrogens with one attached hydrogen (secondary N) is 1. The van der Waals surface area contributed by atoms with Crippen LogP contribution in [-0.2, 0) is 12.8 Å². The van der Waals surface area contributed by atoms with Gasteiger partial charge in [-0.1, -0.05) is 0 Å². The first-order chi connectivity index (χ1) is 8.65. The zero-order chi connectivity index (χ0) is 12.7. The van der Waals surface area contributed by atoms with Crippen molar-refractivity contribution in [2.45, 2.75) is 19.3 Å². The van der Waals surface area contributed by atoms with E-state index >= 15 is 0 Å². The summed E-state index contributed by atoms with van der Waals surface area (Å²) in [5.41, 5.74) is 1.66. The van der Waals surface area contributed by atoms with Gasteiger partial charge in [-0.25, -0.2) is 13.8 Å². The van der Waals surface area contributed by atoms with Gasteiger partial charge >= 0.3 is 0 Å². The monoisotopic (exact) mass is 248 g/mol. The van der Waals surface area contributed by atoms with Crippen LogP contribution in [-0.4, -0.2) is 9.97 Å². The molecule has 0 atom stereocenters. The molecule has 92 valence electrons. The Morgan fingerprint density at radius 2 is 2.00 bits per heavy atom. The van der Waals surface area contributed by atoms with Crippen LogP contribution in [0.4, 0.5) is 8.78 Å². The van der Waals surface area contributed by atoms with Gasteiger partial charge in [0.15, 0.2) is 11.6 Å². The van der Waals surface area contributed by atoms with E-state index in [0.29, 0.717) is 17.0 Å². The number of aromatic amines is 1. The molecule has 1 aliphatic carbocycles. The van der Waals surface area contributed by atoms with Crippen molar-refractivity contribution in [1.82, 2.24) is 9.97 Å². The Labute approximate surface area is 102 Å². The predicted molar refractivity (Wildman–Crippen MR) is 62.2 cm³/mol. The molecule has 0 saturated heterocycles. The van der Waals surface area contributed by atoms with Gasteiger partial charge in [0.25, 0.3) is 5.56 Å². The number of hydrogen-bond acceptors (Lipinski definition) is 2. The number of aromatic nitrogens is 2. The normalized spacial score (nSPS) is 13.7. The minimum absolute atomic E-state index is 0.183. The molecule has 1 aromatic heterocycles. The lowest BCUT2D eigenvalue weighted by atomic mass is 10.2. The van der Waals surface area contributed by atoms with E-state index in [2.05, 4.69) is 9.97 Å². The van der Waals surface area contributed by atoms with Crippen LogP contribution in [0, 0.1) is 11.6 Å². The maximum Gasteiger partial charge on any atom is 0.254 e. The largest absolute Gasteiger partial charge is 0.306 e. The first-order valence-corrected chi connectivity index (χ1v) is 5.72. The molecule has 1 heterocycles. The molecular formula is C13H10F2N2O. The highest BCUT2D eigenvalue weighted by molar-refractivity contribution is 5.55. The zero-order valence-corrected chi connectivity index (χ0v) is 9.46. The van der Waals surface area contributed by atoms with Gasteiger partial charge in [0.1, 0.15) is 5.82 Å². The smallest absolute Gasteiger partial charge is 0.254 e. The maximum atomic E-state index is 13.1. The number of H-pyrrole nitrogens is 1. The lowest BCUT2D eigenvalue weighted by molar-refractivity contribution is 0.509. The molecule has 1 aromatic carbocycles. The molecule has 0 spiro atoms. The van der Waals surface area contributed by atoms with Crippen molar-refractivity contribution in [3.05, 3.63) is 51.4 Å². The molecule has 0 aliphatic heterocycles. The third-order valence-electron chi connectivity index (χ3n) is 3.13. The summed E-state index contributed by atoms with van der Waals surface area (Å²) in [4.78, 5) is 18.7. The number of nitrogens with zero attached hydrogens (tertiary/aromatic N) is 1. The van der Waals surface area contributed by atoms with Gasteiger partial charge in [-0.15, -0.1) is 0 Å². The van der Waals surface area contributed by atoms with Crippen molar-refractivity contribution in [3.63, 3.8) is 0 Å². The summed E-state index contributed by atoms with van der Waals surface area (Å²) in [6.07, 6.45) is 2.40. The molecule has 1 N–H and O–H groups in total. The summed E-state index contributed by atoms with van der Waals surface area (Å²) < 4.78 is 26.0. The fourth-order valence-corrected chi connectivity index (χ4v) is 2.22. The Bertz CT molecular complexity index is 679. The quantitative estimate of drug-likeness (QED) is 0.841. The van der Waals surface area contributed by atoms with Crippen LogP contribution in [0.3, 0.4) is 0 Å². The highest BCUT2D eigenvalue weighted by Gasteiger charge is 2.18. The Balaban J connectivity index is 2.15. The van der Waals surface area contributed by atoms with Crippen LogP contribution in [0.1, 0.15) is 17.7 Å². The third-order valence-corrected chi connectivity index (χ3v) is 3.13. The second kappa shape index (κ2) is 4.01. The van der Waals surface area contributed by atoms with Crippen molar-refractivity contribution in [3.8, 4) is 11.4 Å². The molecular weight excluding hydrogens is 238 g/mol. The van der Waals surface area contributed by atoms with Gasteiger partial charge < -0.3 is 4.98 Å². The molecule has 3 nitrogen and oxygen atoms in total. The highest BCUT2D eigenvalue weighted by Crippen LogP contribution is 2.21. The number of hydrogen-bond donors (Lipinski definition) is 1. The molecule has 0 amide bonds. The van der Waals surface area contributed by atoms with Crippen LogP contribution < -0.4 is 5.56 Å². The van der Waals surface area contributed by atoms with Crippen molar-refractivity contribution in [2.75, 3.05) is 0 Å². The Hall–Kier alpha value is -2.04. The summed E-state index contributed by atoms with van der Waals surface area (Å²) in [6, 6.07) is 3.46. The molecule has 3 rings (SSSR count). The van der Waals surface area contributed by atoms with Gasteiger partial charge in [0.05, 0.1) is 5.69 Å². The second-order valence-corrected chi connectivity index (χ2v) is 4.32. The van der Waals surface area contributed by atoms with E-state index in [1.54, 1.807) is 0 Å². The summed E-state index contributed by atoms with van der Waals surface area (Å²) in [5, 5.41) is 0. The number of fused-ring (bicyclic) bond motifs is 1. The summed E-state index contributed by atoms with van der Waals surface area (Å²) >= 11 is 0. The Kier molecular flexibility index (Phi) is 2.47. The summed E-state index contributed by atoms with van der Waals surface area (Å²) in [5.74, 6) is -1.57. The van der Waals surface area contributed by atoms with Gasteiger partial charge in [-0.2, -0.15) is 0 Å². The van der Waals surface area contributed by atoms with Gasteiger partial charge in [0, 0.05) is 11.1 Å². The van der Waals surface area contributed by atoms with E-state index in [4.69, 9.17) is 0 Å². The van der Waals surface area contributed by atoms with E-state index in [-0.39, 0.29) is 5.56 Å². The number of rotatable bonds is 1. The van der Waals surface area contributed by atoms with Crippen molar-refractivity contribution >= 4 is 0 Å². The van der Waals surface area contributed by atoms with Crippen molar-refractivity contribution < 1.29 is 8.78 Å². The highest BCUT2D eigenvalue weighted by atomic mass is 19.2. The minimum Gasteiger partial charge on any atom is -0.306 e. The van der Waals surface area contributed by atoms with E-state index in [0.717, 1.165) is 37.1 Å². The summed E-state index contributed by atoms with van der Waals surface area (Å²) in [6.45, 7) is 0. The fraction of sp³-hybridized carbons (Fsp3) is 0.231. The van der Waals surface area contributed by atoms with Crippen LogP contribution in [0.2, 0.25) is 0 Å². The zero-order valence-electron chi connectivity index (χ0n) is 9.46. The third kappa shape index (κ3) is 1.72. The Morgan fingerprint density at radius 1 is 1.17 bits per heavy atom. The molecule has 2 aromatic rings. The first kappa shape index (κ1) is 11.1. The van der Waals surface area contributed by atoms with Crippen molar-refractivity contribution in [2.24, 2.45) is 0 Å². The van der Waals surface area contributed by atoms with Crippen LogP contribution in [0.5, 0.6) is 0 Å². The number of aryl methyl sites for hydroxylation is 1. The second-order valence-electron chi connectivity index (χ2n) is 4.32. The molecule has 0 saturated carbocycles. The van der Waals surface area contributed by atoms with Crippen LogP contribution in [0.15, 0.2) is 23.0 Å². The van der Waals surface area contributed by atoms with E-state index in [1.165, 1.54) is 6.07 Å². The van der Waals surface area contributed by atoms with Gasteiger partial charge in [0.2, 0.25) is 0 Å². The maximum absolute atomic E-state index is 13.1. The molecule has 0 fully saturated rings. The topological polar surface area (TPSA) is 45.8 Å². The van der Waals surface area contributed by atoms with Gasteiger partial charge in [-0.3, -0.25) is 4.79 Å². The van der Waals surface area contributed by atoms with Crippen LogP contribution >= 0.6 is 0 Å². The lowest BCUT2D eigenvalue weighted by Gasteiger charge is -2.04. The molecule has 0 bridgehead atoms. The molecule has 0 radical (unpaired) electrons. The first-order valence-electron chi connectivity index (χ1n) is 5.72. The number of benzene rings is 1. The molecule has 5 heteroatoms. The van der Waals surface area contributed by atoms with Gasteiger partial charge in [-0.05, 0) is 37.5 Å². The molecule has 0 unspecified atom stereocenters. The fourth-order valence-electron chi connectivity index (χ4n) is 2.22. The number of halogens is 2. The average Bonchev–Trinajstić information content (AvgIpc) is 2.81. The van der Waals surface area contributed by atoms with Crippen LogP contribution in [0.25, 0.3) is 11.4 Å². The predicted octanol–water partition coefficient (Wildman–Crippen LogP) is 2.20. The molecule has 18 heavy (non-hydrogen) atoms. The van der Waals surface area contributed by atoms with E-state index < -0.39 is 11.6 Å². The van der Waals surface area contributed by atoms with E-state index in [1.807, 2.05) is 0 Å². The SMILES string of the molecule is O=c1[nH]c(-c2ccc(F)c(F)c2)nc2c1CCC2. The lowest BCUT2D eigenvalue weighted by Crippen LogP contribution is -2.15. The molecule has 1 aliphatic rings.